The zero-order valence-corrected chi connectivity index (χ0v) is 16.1. The summed E-state index contributed by atoms with van der Waals surface area (Å²) in [7, 11) is 1.32. The van der Waals surface area contributed by atoms with Gasteiger partial charge in [-0.3, -0.25) is 4.79 Å². The van der Waals surface area contributed by atoms with Crippen molar-refractivity contribution >= 4 is 29.2 Å². The van der Waals surface area contributed by atoms with Crippen molar-refractivity contribution in [2.45, 2.75) is 20.1 Å². The molecule has 0 aliphatic rings. The molecule has 0 N–H and O–H groups in total. The van der Waals surface area contributed by atoms with Crippen molar-refractivity contribution < 1.29 is 28.2 Å². The third-order valence-electron chi connectivity index (χ3n) is 4.36. The Labute approximate surface area is 169 Å². The van der Waals surface area contributed by atoms with Gasteiger partial charge >= 0.3 is 6.61 Å². The van der Waals surface area contributed by atoms with Crippen molar-refractivity contribution in [2.24, 2.45) is 0 Å². The Morgan fingerprint density at radius 2 is 1.97 bits per heavy atom. The van der Waals surface area contributed by atoms with Crippen LogP contribution in [0.4, 0.5) is 8.78 Å². The SMILES string of the molecule is CCn1c(=O)c(/C=C/c2ccc(OC(F)F)c(OC)c2)nc2cc(C(=O)[O-])ccc21. The molecule has 156 valence electrons. The largest absolute Gasteiger partial charge is 0.545 e. The van der Waals surface area contributed by atoms with Crippen molar-refractivity contribution in [1.82, 2.24) is 9.55 Å². The molecule has 30 heavy (non-hydrogen) atoms. The molecular formula is C21H17F2N2O5-. The van der Waals surface area contributed by atoms with E-state index < -0.39 is 12.6 Å². The van der Waals surface area contributed by atoms with E-state index in [1.807, 2.05) is 0 Å². The lowest BCUT2D eigenvalue weighted by atomic mass is 10.1. The summed E-state index contributed by atoms with van der Waals surface area (Å²) in [6.07, 6.45) is 3.02. The van der Waals surface area contributed by atoms with Crippen molar-refractivity contribution in [3.05, 3.63) is 63.6 Å². The molecule has 0 spiro atoms. The van der Waals surface area contributed by atoms with Crippen LogP contribution in [0.25, 0.3) is 23.2 Å². The number of nitrogens with zero attached hydrogens (tertiary/aromatic N) is 2. The van der Waals surface area contributed by atoms with Gasteiger partial charge in [0.15, 0.2) is 11.5 Å². The molecule has 1 aromatic heterocycles. The molecule has 0 saturated heterocycles. The Balaban J connectivity index is 2.04. The Kier molecular flexibility index (Phi) is 6.10. The van der Waals surface area contributed by atoms with E-state index in [-0.39, 0.29) is 28.3 Å². The predicted octanol–water partition coefficient (Wildman–Crippen LogP) is 2.56. The predicted molar refractivity (Wildman–Crippen MR) is 105 cm³/mol. The number of methoxy groups -OCH3 is 1. The lowest BCUT2D eigenvalue weighted by molar-refractivity contribution is -0.255. The minimum absolute atomic E-state index is 0.0504. The molecule has 0 saturated carbocycles. The number of carbonyl (C=O) groups is 1. The number of aromatic carboxylic acids is 1. The smallest absolute Gasteiger partial charge is 0.387 e. The van der Waals surface area contributed by atoms with Gasteiger partial charge in [0.2, 0.25) is 0 Å². The van der Waals surface area contributed by atoms with Gasteiger partial charge < -0.3 is 23.9 Å². The summed E-state index contributed by atoms with van der Waals surface area (Å²) in [6.45, 7) is -0.842. The van der Waals surface area contributed by atoms with Crippen LogP contribution >= 0.6 is 0 Å². The van der Waals surface area contributed by atoms with Crippen LogP contribution in [0.1, 0.15) is 28.5 Å². The number of halogens is 2. The number of ether oxygens (including phenoxy) is 2. The first-order chi connectivity index (χ1) is 14.3. The van der Waals surface area contributed by atoms with Gasteiger partial charge in [-0.1, -0.05) is 18.2 Å². The van der Waals surface area contributed by atoms with Gasteiger partial charge in [0.25, 0.3) is 5.56 Å². The summed E-state index contributed by atoms with van der Waals surface area (Å²) in [5, 5.41) is 11.1. The van der Waals surface area contributed by atoms with Crippen LogP contribution in [0.3, 0.4) is 0 Å². The lowest BCUT2D eigenvalue weighted by Gasteiger charge is -2.11. The van der Waals surface area contributed by atoms with Crippen LogP contribution in [-0.4, -0.2) is 29.2 Å². The van der Waals surface area contributed by atoms with Crippen LogP contribution in [0.2, 0.25) is 0 Å². The van der Waals surface area contributed by atoms with Gasteiger partial charge in [-0.05, 0) is 48.4 Å². The molecule has 0 bridgehead atoms. The Hall–Kier alpha value is -3.75. The summed E-state index contributed by atoms with van der Waals surface area (Å²) in [5.74, 6) is -1.35. The van der Waals surface area contributed by atoms with Crippen LogP contribution in [0.15, 0.2) is 41.2 Å². The maximum Gasteiger partial charge on any atom is 0.387 e. The van der Waals surface area contributed by atoms with Gasteiger partial charge in [0.1, 0.15) is 5.69 Å². The van der Waals surface area contributed by atoms with Gasteiger partial charge in [-0.15, -0.1) is 0 Å². The van der Waals surface area contributed by atoms with Crippen LogP contribution in [0.5, 0.6) is 11.5 Å². The van der Waals surface area contributed by atoms with Gasteiger partial charge in [0.05, 0.1) is 24.1 Å². The standard InChI is InChI=1S/C21H18F2N2O5/c1-3-25-16-8-6-13(20(27)28)11-15(16)24-14(19(25)26)7-4-12-5-9-17(30-21(22)23)18(10-12)29-2/h4-11,21H,3H2,1-2H3,(H,27,28)/p-1/b7-4+. The number of hydrogen-bond acceptors (Lipinski definition) is 6. The molecule has 7 nitrogen and oxygen atoms in total. The highest BCUT2D eigenvalue weighted by atomic mass is 19.3. The molecule has 2 aromatic carbocycles. The van der Waals surface area contributed by atoms with Crippen LogP contribution in [-0.2, 0) is 6.54 Å². The maximum absolute atomic E-state index is 12.7. The van der Waals surface area contributed by atoms with Crippen LogP contribution in [0, 0.1) is 0 Å². The first-order valence-electron chi connectivity index (χ1n) is 8.91. The molecule has 3 aromatic rings. The number of benzene rings is 2. The number of carbonyl (C=O) groups excluding carboxylic acids is 1. The molecule has 0 amide bonds. The number of aromatic nitrogens is 2. The molecule has 0 atom stereocenters. The van der Waals surface area contributed by atoms with Crippen LogP contribution < -0.4 is 20.1 Å². The fraction of sp³-hybridized carbons (Fsp3) is 0.190. The zero-order chi connectivity index (χ0) is 21.8. The van der Waals surface area contributed by atoms with E-state index in [1.165, 1.54) is 54.2 Å². The molecule has 9 heteroatoms. The van der Waals surface area contributed by atoms with Gasteiger partial charge in [-0.2, -0.15) is 8.78 Å². The van der Waals surface area contributed by atoms with Gasteiger partial charge in [0, 0.05) is 6.54 Å². The first kappa shape index (κ1) is 21.0. The van der Waals surface area contributed by atoms with Crippen molar-refractivity contribution in [2.75, 3.05) is 7.11 Å². The number of aryl methyl sites for hydroxylation is 1. The third kappa shape index (κ3) is 4.29. The fourth-order valence-corrected chi connectivity index (χ4v) is 2.97. The second-order valence-electron chi connectivity index (χ2n) is 6.16. The topological polar surface area (TPSA) is 93.5 Å². The minimum Gasteiger partial charge on any atom is -0.545 e. The second kappa shape index (κ2) is 8.73. The summed E-state index contributed by atoms with van der Waals surface area (Å²) < 4.78 is 35.8. The van der Waals surface area contributed by atoms with Crippen molar-refractivity contribution in [1.29, 1.82) is 0 Å². The van der Waals surface area contributed by atoms with Crippen molar-refractivity contribution in [3.63, 3.8) is 0 Å². The highest BCUT2D eigenvalue weighted by Gasteiger charge is 2.12. The molecular weight excluding hydrogens is 398 g/mol. The molecule has 0 fully saturated rings. The number of rotatable bonds is 7. The number of hydrogen-bond donors (Lipinski definition) is 0. The molecule has 1 heterocycles. The molecule has 0 aliphatic heterocycles. The summed E-state index contributed by atoms with van der Waals surface area (Å²) in [5.41, 5.74) is 1.07. The van der Waals surface area contributed by atoms with E-state index >= 15 is 0 Å². The average molecular weight is 415 g/mol. The van der Waals surface area contributed by atoms with E-state index in [2.05, 4.69) is 9.72 Å². The molecule has 0 aliphatic carbocycles. The highest BCUT2D eigenvalue weighted by molar-refractivity contribution is 5.91. The number of alkyl halides is 2. The zero-order valence-electron chi connectivity index (χ0n) is 16.1. The molecule has 0 radical (unpaired) electrons. The average Bonchev–Trinajstić information content (AvgIpc) is 2.72. The quantitative estimate of drug-likeness (QED) is 0.589. The third-order valence-corrected chi connectivity index (χ3v) is 4.36. The summed E-state index contributed by atoms with van der Waals surface area (Å²) >= 11 is 0. The summed E-state index contributed by atoms with van der Waals surface area (Å²) in [6, 6.07) is 8.53. The molecule has 3 rings (SSSR count). The second-order valence-corrected chi connectivity index (χ2v) is 6.16. The van der Waals surface area contributed by atoms with Crippen molar-refractivity contribution in [3.8, 4) is 11.5 Å². The van der Waals surface area contributed by atoms with E-state index in [4.69, 9.17) is 4.74 Å². The number of fused-ring (bicyclic) bond motifs is 1. The molecule has 0 unspecified atom stereocenters. The Morgan fingerprint density at radius 3 is 2.60 bits per heavy atom. The lowest BCUT2D eigenvalue weighted by Crippen LogP contribution is -2.25. The minimum atomic E-state index is -2.99. The van der Waals surface area contributed by atoms with E-state index in [9.17, 15) is 23.5 Å². The monoisotopic (exact) mass is 415 g/mol. The first-order valence-corrected chi connectivity index (χ1v) is 8.91. The Bertz CT molecular complexity index is 1190. The van der Waals surface area contributed by atoms with Gasteiger partial charge in [-0.25, -0.2) is 4.98 Å². The highest BCUT2D eigenvalue weighted by Crippen LogP contribution is 2.30. The maximum atomic E-state index is 12.7. The van der Waals surface area contributed by atoms with E-state index in [0.717, 1.165) is 0 Å². The number of carboxylic acids is 1. The summed E-state index contributed by atoms with van der Waals surface area (Å²) in [4.78, 5) is 28.1. The van der Waals surface area contributed by atoms with E-state index in [0.29, 0.717) is 23.1 Å². The van der Waals surface area contributed by atoms with E-state index in [1.54, 1.807) is 13.0 Å². The number of carboxylic acid groups (broad SMARTS) is 1. The normalized spacial score (nSPS) is 11.4. The fourth-order valence-electron chi connectivity index (χ4n) is 2.97. The Morgan fingerprint density at radius 1 is 1.20 bits per heavy atom.